The van der Waals surface area contributed by atoms with Crippen molar-refractivity contribution < 1.29 is 18.3 Å². The minimum Gasteiger partial charge on any atom is -0.394 e. The van der Waals surface area contributed by atoms with Gasteiger partial charge >= 0.3 is 6.18 Å². The van der Waals surface area contributed by atoms with Gasteiger partial charge in [0.2, 0.25) is 0 Å². The maximum absolute atomic E-state index is 12.4. The zero-order chi connectivity index (χ0) is 12.0. The van der Waals surface area contributed by atoms with E-state index in [0.717, 1.165) is 12.3 Å². The van der Waals surface area contributed by atoms with Gasteiger partial charge in [0, 0.05) is 6.20 Å². The Balaban J connectivity index is 2.45. The van der Waals surface area contributed by atoms with E-state index in [1.807, 2.05) is 0 Å². The van der Waals surface area contributed by atoms with Crippen LogP contribution in [0.25, 0.3) is 0 Å². The number of halogens is 3. The number of hydrogen-bond acceptors (Lipinski definition) is 3. The minimum atomic E-state index is -4.44. The van der Waals surface area contributed by atoms with Crippen LogP contribution in [0.4, 0.5) is 13.2 Å². The lowest BCUT2D eigenvalue weighted by atomic mass is 9.95. The molecule has 16 heavy (non-hydrogen) atoms. The van der Waals surface area contributed by atoms with Gasteiger partial charge in [0.15, 0.2) is 0 Å². The summed E-state index contributed by atoms with van der Waals surface area (Å²) in [6.07, 6.45) is -2.42. The van der Waals surface area contributed by atoms with E-state index in [4.69, 9.17) is 10.8 Å². The molecule has 0 spiro atoms. The summed E-state index contributed by atoms with van der Waals surface area (Å²) >= 11 is 0. The molecule has 1 aliphatic rings. The van der Waals surface area contributed by atoms with Crippen LogP contribution in [-0.2, 0) is 18.1 Å². The Morgan fingerprint density at radius 1 is 1.50 bits per heavy atom. The van der Waals surface area contributed by atoms with Crippen molar-refractivity contribution >= 4 is 0 Å². The van der Waals surface area contributed by atoms with Gasteiger partial charge in [-0.15, -0.1) is 0 Å². The van der Waals surface area contributed by atoms with Crippen molar-refractivity contribution in [2.75, 3.05) is 6.61 Å². The molecule has 1 unspecified atom stereocenters. The smallest absolute Gasteiger partial charge is 0.394 e. The fourth-order valence-electron chi connectivity index (χ4n) is 1.96. The molecule has 1 aliphatic carbocycles. The molecule has 0 aromatic carbocycles. The van der Waals surface area contributed by atoms with E-state index in [0.29, 0.717) is 24.0 Å². The van der Waals surface area contributed by atoms with Gasteiger partial charge in [-0.2, -0.15) is 13.2 Å². The van der Waals surface area contributed by atoms with Crippen molar-refractivity contribution in [1.29, 1.82) is 0 Å². The van der Waals surface area contributed by atoms with Crippen LogP contribution in [0.5, 0.6) is 0 Å². The van der Waals surface area contributed by atoms with Crippen LogP contribution in [-0.4, -0.2) is 16.7 Å². The Bertz CT molecular complexity index is 419. The van der Waals surface area contributed by atoms with E-state index in [2.05, 4.69) is 4.98 Å². The van der Waals surface area contributed by atoms with Crippen molar-refractivity contribution in [2.45, 2.75) is 24.6 Å². The van der Waals surface area contributed by atoms with Gasteiger partial charge in [0.25, 0.3) is 0 Å². The topological polar surface area (TPSA) is 59.1 Å². The van der Waals surface area contributed by atoms with Crippen LogP contribution in [0.1, 0.15) is 23.2 Å². The predicted octanol–water partition coefficient (Wildman–Crippen LogP) is 1.19. The highest BCUT2D eigenvalue weighted by Crippen LogP contribution is 2.37. The second-order valence-corrected chi connectivity index (χ2v) is 4.04. The Hall–Kier alpha value is -1.14. The number of fused-ring (bicyclic) bond motifs is 1. The van der Waals surface area contributed by atoms with Crippen LogP contribution in [0.3, 0.4) is 0 Å². The fraction of sp³-hybridized carbons (Fsp3) is 0.500. The second kappa shape index (κ2) is 3.43. The summed E-state index contributed by atoms with van der Waals surface area (Å²) in [5, 5.41) is 9.13. The van der Waals surface area contributed by atoms with Crippen molar-refractivity contribution in [3.8, 4) is 0 Å². The number of nitrogens with two attached hydrogens (primary N) is 1. The van der Waals surface area contributed by atoms with Gasteiger partial charge in [-0.25, -0.2) is 0 Å². The molecule has 6 heteroatoms. The third-order valence-electron chi connectivity index (χ3n) is 2.94. The number of nitrogens with zero attached hydrogens (tertiary/aromatic N) is 1. The summed E-state index contributed by atoms with van der Waals surface area (Å²) in [6, 6.07) is 1.01. The summed E-state index contributed by atoms with van der Waals surface area (Å²) in [7, 11) is 0. The molecule has 0 fully saturated rings. The second-order valence-electron chi connectivity index (χ2n) is 4.04. The van der Waals surface area contributed by atoms with E-state index in [1.54, 1.807) is 0 Å². The standard InChI is InChI=1S/C10H11F3N2O/c11-10(12,13)8-3-6-1-2-9(14,5-16)7(6)4-15-8/h3-4,16H,1-2,5,14H2. The molecular weight excluding hydrogens is 221 g/mol. The molecule has 0 bridgehead atoms. The first kappa shape index (κ1) is 11.3. The number of hydrogen-bond donors (Lipinski definition) is 2. The van der Waals surface area contributed by atoms with Crippen LogP contribution >= 0.6 is 0 Å². The van der Waals surface area contributed by atoms with Crippen LogP contribution in [0.2, 0.25) is 0 Å². The molecule has 0 saturated carbocycles. The van der Waals surface area contributed by atoms with Gasteiger partial charge in [-0.3, -0.25) is 4.98 Å². The molecule has 0 saturated heterocycles. The molecule has 3 nitrogen and oxygen atoms in total. The Labute approximate surface area is 90.1 Å². The van der Waals surface area contributed by atoms with Crippen LogP contribution in [0, 0.1) is 0 Å². The first-order chi connectivity index (χ1) is 7.37. The summed E-state index contributed by atoms with van der Waals surface area (Å²) in [4.78, 5) is 3.35. The highest BCUT2D eigenvalue weighted by molar-refractivity contribution is 5.38. The molecule has 1 aromatic rings. The highest BCUT2D eigenvalue weighted by atomic mass is 19.4. The van der Waals surface area contributed by atoms with Gasteiger partial charge in [0.05, 0.1) is 12.1 Å². The van der Waals surface area contributed by atoms with Crippen LogP contribution < -0.4 is 5.73 Å². The number of aromatic nitrogens is 1. The highest BCUT2D eigenvalue weighted by Gasteiger charge is 2.38. The lowest BCUT2D eigenvalue weighted by molar-refractivity contribution is -0.141. The van der Waals surface area contributed by atoms with Crippen molar-refractivity contribution in [1.82, 2.24) is 4.98 Å². The molecule has 0 radical (unpaired) electrons. The lowest BCUT2D eigenvalue weighted by Gasteiger charge is -2.21. The third kappa shape index (κ3) is 1.68. The van der Waals surface area contributed by atoms with E-state index in [9.17, 15) is 13.2 Å². The van der Waals surface area contributed by atoms with Crippen LogP contribution in [0.15, 0.2) is 12.3 Å². The Morgan fingerprint density at radius 2 is 2.19 bits per heavy atom. The first-order valence-electron chi connectivity index (χ1n) is 4.83. The van der Waals surface area contributed by atoms with Crippen molar-refractivity contribution in [3.05, 3.63) is 29.1 Å². The Kier molecular flexibility index (Phi) is 2.43. The molecule has 1 heterocycles. The number of alkyl halides is 3. The average Bonchev–Trinajstić information content (AvgIpc) is 2.56. The summed E-state index contributed by atoms with van der Waals surface area (Å²) in [5.74, 6) is 0. The van der Waals surface area contributed by atoms with Gasteiger partial charge in [-0.1, -0.05) is 0 Å². The van der Waals surface area contributed by atoms with E-state index in [1.165, 1.54) is 0 Å². The number of aliphatic hydroxyl groups excluding tert-OH is 1. The maximum Gasteiger partial charge on any atom is 0.433 e. The zero-order valence-corrected chi connectivity index (χ0v) is 8.38. The number of rotatable bonds is 1. The molecule has 0 amide bonds. The van der Waals surface area contributed by atoms with Gasteiger partial charge in [-0.05, 0) is 30.0 Å². The molecule has 0 aliphatic heterocycles. The lowest BCUT2D eigenvalue weighted by Crippen LogP contribution is -2.38. The average molecular weight is 232 g/mol. The molecule has 88 valence electrons. The van der Waals surface area contributed by atoms with E-state index >= 15 is 0 Å². The summed E-state index contributed by atoms with van der Waals surface area (Å²) in [5.41, 5.74) is 5.05. The van der Waals surface area contributed by atoms with E-state index < -0.39 is 17.4 Å². The zero-order valence-electron chi connectivity index (χ0n) is 8.38. The SMILES string of the molecule is NC1(CO)CCc2cc(C(F)(F)F)ncc21. The molecular formula is C10H11F3N2O. The summed E-state index contributed by atoms with van der Waals surface area (Å²) < 4.78 is 37.2. The molecule has 3 N–H and O–H groups in total. The number of aliphatic hydroxyl groups is 1. The molecule has 1 aromatic heterocycles. The van der Waals surface area contributed by atoms with Crippen molar-refractivity contribution in [3.63, 3.8) is 0 Å². The monoisotopic (exact) mass is 232 g/mol. The summed E-state index contributed by atoms with van der Waals surface area (Å²) in [6.45, 7) is -0.285. The maximum atomic E-state index is 12.4. The largest absolute Gasteiger partial charge is 0.433 e. The minimum absolute atomic E-state index is 0.285. The van der Waals surface area contributed by atoms with Gasteiger partial charge < -0.3 is 10.8 Å². The predicted molar refractivity (Wildman–Crippen MR) is 50.5 cm³/mol. The fourth-order valence-corrected chi connectivity index (χ4v) is 1.96. The van der Waals surface area contributed by atoms with E-state index in [-0.39, 0.29) is 6.61 Å². The quantitative estimate of drug-likeness (QED) is 0.764. The molecule has 2 rings (SSSR count). The number of pyridine rings is 1. The normalized spacial score (nSPS) is 24.6. The van der Waals surface area contributed by atoms with Crippen molar-refractivity contribution in [2.24, 2.45) is 5.73 Å². The molecule has 1 atom stereocenters. The Morgan fingerprint density at radius 3 is 2.75 bits per heavy atom. The number of aryl methyl sites for hydroxylation is 1. The first-order valence-corrected chi connectivity index (χ1v) is 4.83. The van der Waals surface area contributed by atoms with Gasteiger partial charge in [0.1, 0.15) is 5.69 Å². The third-order valence-corrected chi connectivity index (χ3v) is 2.94.